The summed E-state index contributed by atoms with van der Waals surface area (Å²) in [7, 11) is 0. The van der Waals surface area contributed by atoms with Gasteiger partial charge in [0.1, 0.15) is 11.6 Å². The second-order valence-corrected chi connectivity index (χ2v) is 4.78. The van der Waals surface area contributed by atoms with E-state index in [-0.39, 0.29) is 17.7 Å². The predicted molar refractivity (Wildman–Crippen MR) is 70.5 cm³/mol. The van der Waals surface area contributed by atoms with Crippen LogP contribution in [0.1, 0.15) is 25.3 Å². The van der Waals surface area contributed by atoms with Crippen molar-refractivity contribution >= 4 is 11.6 Å². The second-order valence-electron chi connectivity index (χ2n) is 4.78. The van der Waals surface area contributed by atoms with Gasteiger partial charge in [-0.05, 0) is 31.9 Å². The first-order chi connectivity index (χ1) is 9.40. The molecule has 1 aliphatic heterocycles. The maximum absolute atomic E-state index is 12.8. The number of anilines is 2. The molecule has 0 aromatic carbocycles. The molecule has 20 heavy (non-hydrogen) atoms. The van der Waals surface area contributed by atoms with E-state index in [4.69, 9.17) is 10.5 Å². The lowest BCUT2D eigenvalue weighted by Gasteiger charge is -2.32. The fourth-order valence-electron chi connectivity index (χ4n) is 2.35. The Morgan fingerprint density at radius 2 is 2.00 bits per heavy atom. The van der Waals surface area contributed by atoms with Gasteiger partial charge in [0, 0.05) is 19.7 Å². The molecule has 2 heterocycles. The van der Waals surface area contributed by atoms with Crippen LogP contribution in [0.4, 0.5) is 24.8 Å². The van der Waals surface area contributed by atoms with Crippen LogP contribution < -0.4 is 10.6 Å². The Labute approximate surface area is 115 Å². The lowest BCUT2D eigenvalue weighted by Crippen LogP contribution is -2.37. The number of piperidine rings is 1. The van der Waals surface area contributed by atoms with Crippen molar-refractivity contribution < 1.29 is 17.9 Å². The van der Waals surface area contributed by atoms with Gasteiger partial charge in [-0.25, -0.2) is 4.98 Å². The van der Waals surface area contributed by atoms with Crippen molar-refractivity contribution in [3.63, 3.8) is 0 Å². The van der Waals surface area contributed by atoms with Gasteiger partial charge in [-0.1, -0.05) is 0 Å². The molecule has 0 amide bonds. The summed E-state index contributed by atoms with van der Waals surface area (Å²) >= 11 is 0. The minimum Gasteiger partial charge on any atom is -0.384 e. The van der Waals surface area contributed by atoms with Gasteiger partial charge in [-0.3, -0.25) is 0 Å². The first kappa shape index (κ1) is 14.9. The highest BCUT2D eigenvalue weighted by Crippen LogP contribution is 2.33. The molecule has 1 aliphatic rings. The summed E-state index contributed by atoms with van der Waals surface area (Å²) in [6.45, 7) is 3.83. The molecule has 0 unspecified atom stereocenters. The van der Waals surface area contributed by atoms with Crippen molar-refractivity contribution in [2.75, 3.05) is 30.3 Å². The molecule has 2 rings (SSSR count). The summed E-state index contributed by atoms with van der Waals surface area (Å²) in [5.41, 5.74) is 4.72. The SMILES string of the molecule is CCOC1CCN(c2cc(C(F)(F)F)cc(N)n2)CC1. The van der Waals surface area contributed by atoms with Crippen molar-refractivity contribution in [1.29, 1.82) is 0 Å². The normalized spacial score (nSPS) is 17.5. The molecular formula is C13H18F3N3O. The maximum Gasteiger partial charge on any atom is 0.416 e. The molecule has 1 saturated heterocycles. The molecule has 1 fully saturated rings. The number of alkyl halides is 3. The molecule has 112 valence electrons. The van der Waals surface area contributed by atoms with E-state index in [1.54, 1.807) is 0 Å². The Bertz CT molecular complexity index is 457. The number of nitrogen functional groups attached to an aromatic ring is 1. The molecule has 0 spiro atoms. The quantitative estimate of drug-likeness (QED) is 0.929. The van der Waals surface area contributed by atoms with E-state index in [0.717, 1.165) is 25.0 Å². The summed E-state index contributed by atoms with van der Waals surface area (Å²) in [6.07, 6.45) is -2.66. The van der Waals surface area contributed by atoms with E-state index in [0.29, 0.717) is 19.7 Å². The highest BCUT2D eigenvalue weighted by Gasteiger charge is 2.32. The molecule has 0 saturated carbocycles. The van der Waals surface area contributed by atoms with Gasteiger partial charge in [-0.15, -0.1) is 0 Å². The summed E-state index contributed by atoms with van der Waals surface area (Å²) in [5, 5.41) is 0. The molecule has 1 aromatic rings. The van der Waals surface area contributed by atoms with Crippen LogP contribution in [0.25, 0.3) is 0 Å². The summed E-state index contributed by atoms with van der Waals surface area (Å²) < 4.78 is 43.8. The van der Waals surface area contributed by atoms with Crippen molar-refractivity contribution in [3.8, 4) is 0 Å². The standard InChI is InChI=1S/C13H18F3N3O/c1-2-20-10-3-5-19(6-4-10)12-8-9(13(14,15)16)7-11(17)18-12/h7-8,10H,2-6H2,1H3,(H2,17,18). The summed E-state index contributed by atoms with van der Waals surface area (Å²) in [5.74, 6) is 0.175. The first-order valence-corrected chi connectivity index (χ1v) is 6.61. The van der Waals surface area contributed by atoms with Crippen LogP contribution in [-0.4, -0.2) is 30.8 Å². The van der Waals surface area contributed by atoms with E-state index in [1.165, 1.54) is 0 Å². The number of halogens is 3. The Morgan fingerprint density at radius 1 is 1.35 bits per heavy atom. The average Bonchev–Trinajstić information content (AvgIpc) is 2.38. The molecule has 0 bridgehead atoms. The lowest BCUT2D eigenvalue weighted by molar-refractivity contribution is -0.137. The number of pyridine rings is 1. The predicted octanol–water partition coefficient (Wildman–Crippen LogP) is 2.69. The van der Waals surface area contributed by atoms with Gasteiger partial charge in [0.05, 0.1) is 11.7 Å². The fourth-order valence-corrected chi connectivity index (χ4v) is 2.35. The molecule has 0 aliphatic carbocycles. The molecule has 4 nitrogen and oxygen atoms in total. The zero-order valence-electron chi connectivity index (χ0n) is 11.3. The van der Waals surface area contributed by atoms with Crippen LogP contribution in [0.5, 0.6) is 0 Å². The van der Waals surface area contributed by atoms with Crippen molar-refractivity contribution in [2.45, 2.75) is 32.0 Å². The highest BCUT2D eigenvalue weighted by atomic mass is 19.4. The topological polar surface area (TPSA) is 51.4 Å². The third-order valence-electron chi connectivity index (χ3n) is 3.33. The first-order valence-electron chi connectivity index (χ1n) is 6.61. The van der Waals surface area contributed by atoms with Crippen molar-refractivity contribution in [2.24, 2.45) is 0 Å². The van der Waals surface area contributed by atoms with E-state index >= 15 is 0 Å². The number of ether oxygens (including phenoxy) is 1. The minimum absolute atomic E-state index is 0.109. The van der Waals surface area contributed by atoms with Gasteiger partial charge in [0.2, 0.25) is 0 Å². The third kappa shape index (κ3) is 3.53. The Balaban J connectivity index is 2.12. The van der Waals surface area contributed by atoms with Crippen LogP contribution in [0.15, 0.2) is 12.1 Å². The zero-order chi connectivity index (χ0) is 14.8. The third-order valence-corrected chi connectivity index (χ3v) is 3.33. The van der Waals surface area contributed by atoms with Crippen LogP contribution in [0, 0.1) is 0 Å². The Hall–Kier alpha value is -1.50. The molecule has 2 N–H and O–H groups in total. The largest absolute Gasteiger partial charge is 0.416 e. The van der Waals surface area contributed by atoms with E-state index in [1.807, 2.05) is 11.8 Å². The molecule has 0 radical (unpaired) electrons. The molecule has 7 heteroatoms. The van der Waals surface area contributed by atoms with E-state index in [9.17, 15) is 13.2 Å². The molecule has 0 atom stereocenters. The summed E-state index contributed by atoms with van der Waals surface area (Å²) in [4.78, 5) is 5.83. The van der Waals surface area contributed by atoms with E-state index in [2.05, 4.69) is 4.98 Å². The highest BCUT2D eigenvalue weighted by molar-refractivity contribution is 5.49. The van der Waals surface area contributed by atoms with Gasteiger partial charge >= 0.3 is 6.18 Å². The number of nitrogens with two attached hydrogens (primary N) is 1. The zero-order valence-corrected chi connectivity index (χ0v) is 11.3. The summed E-state index contributed by atoms with van der Waals surface area (Å²) in [6, 6.07) is 1.91. The van der Waals surface area contributed by atoms with Crippen LogP contribution in [0.3, 0.4) is 0 Å². The van der Waals surface area contributed by atoms with E-state index < -0.39 is 11.7 Å². The smallest absolute Gasteiger partial charge is 0.384 e. The number of aromatic nitrogens is 1. The Morgan fingerprint density at radius 3 is 2.55 bits per heavy atom. The molecule has 1 aromatic heterocycles. The lowest BCUT2D eigenvalue weighted by atomic mass is 10.1. The fraction of sp³-hybridized carbons (Fsp3) is 0.615. The number of hydrogen-bond donors (Lipinski definition) is 1. The average molecular weight is 289 g/mol. The number of nitrogens with zero attached hydrogens (tertiary/aromatic N) is 2. The Kier molecular flexibility index (Phi) is 4.37. The van der Waals surface area contributed by atoms with Crippen LogP contribution in [0.2, 0.25) is 0 Å². The van der Waals surface area contributed by atoms with Gasteiger partial charge in [0.25, 0.3) is 0 Å². The monoisotopic (exact) mass is 289 g/mol. The number of hydrogen-bond acceptors (Lipinski definition) is 4. The van der Waals surface area contributed by atoms with Crippen molar-refractivity contribution in [3.05, 3.63) is 17.7 Å². The van der Waals surface area contributed by atoms with Crippen LogP contribution in [-0.2, 0) is 10.9 Å². The van der Waals surface area contributed by atoms with Gasteiger partial charge in [-0.2, -0.15) is 13.2 Å². The van der Waals surface area contributed by atoms with Gasteiger partial charge in [0.15, 0.2) is 0 Å². The maximum atomic E-state index is 12.8. The second kappa shape index (κ2) is 5.87. The molecular weight excluding hydrogens is 271 g/mol. The number of rotatable bonds is 3. The van der Waals surface area contributed by atoms with Crippen molar-refractivity contribution in [1.82, 2.24) is 4.98 Å². The minimum atomic E-state index is -4.41. The van der Waals surface area contributed by atoms with Crippen LogP contribution >= 0.6 is 0 Å². The van der Waals surface area contributed by atoms with Gasteiger partial charge < -0.3 is 15.4 Å².